The first kappa shape index (κ1) is 9.62. The molecule has 0 amide bonds. The molecule has 0 aromatic carbocycles. The molecule has 0 radical (unpaired) electrons. The van der Waals surface area contributed by atoms with Gasteiger partial charge >= 0.3 is 0 Å². The Morgan fingerprint density at radius 2 is 2.00 bits per heavy atom. The van der Waals surface area contributed by atoms with Crippen LogP contribution in [0.4, 0.5) is 0 Å². The van der Waals surface area contributed by atoms with Crippen molar-refractivity contribution in [3.63, 3.8) is 0 Å². The molecule has 0 N–H and O–H groups in total. The SMILES string of the molecule is CC(C)c1cccc(C2OCCO2)n1. The molecule has 3 heteroatoms. The van der Waals surface area contributed by atoms with Crippen molar-refractivity contribution in [3.8, 4) is 0 Å². The lowest BCUT2D eigenvalue weighted by Crippen LogP contribution is -2.03. The van der Waals surface area contributed by atoms with Crippen LogP contribution in [0.2, 0.25) is 0 Å². The van der Waals surface area contributed by atoms with E-state index in [4.69, 9.17) is 9.47 Å². The van der Waals surface area contributed by atoms with Crippen molar-refractivity contribution in [1.29, 1.82) is 0 Å². The first-order valence-electron chi connectivity index (χ1n) is 4.97. The lowest BCUT2D eigenvalue weighted by Gasteiger charge is -2.11. The fraction of sp³-hybridized carbons (Fsp3) is 0.545. The fourth-order valence-electron chi connectivity index (χ4n) is 1.45. The maximum Gasteiger partial charge on any atom is 0.201 e. The zero-order valence-electron chi connectivity index (χ0n) is 8.56. The minimum absolute atomic E-state index is 0.256. The predicted octanol–water partition coefficient (Wildman–Crippen LogP) is 2.25. The second kappa shape index (κ2) is 4.07. The van der Waals surface area contributed by atoms with E-state index < -0.39 is 0 Å². The van der Waals surface area contributed by atoms with Crippen LogP contribution >= 0.6 is 0 Å². The van der Waals surface area contributed by atoms with Crippen LogP contribution in [0.5, 0.6) is 0 Å². The Bertz CT molecular complexity index is 306. The molecule has 1 aromatic rings. The Kier molecular flexibility index (Phi) is 2.79. The Labute approximate surface area is 84.1 Å². The quantitative estimate of drug-likeness (QED) is 0.721. The summed E-state index contributed by atoms with van der Waals surface area (Å²) in [5, 5.41) is 0. The first-order valence-corrected chi connectivity index (χ1v) is 4.97. The lowest BCUT2D eigenvalue weighted by atomic mass is 10.1. The van der Waals surface area contributed by atoms with Gasteiger partial charge in [-0.2, -0.15) is 0 Å². The molecule has 0 unspecified atom stereocenters. The number of aromatic nitrogens is 1. The van der Waals surface area contributed by atoms with Crippen LogP contribution in [0.25, 0.3) is 0 Å². The molecule has 0 atom stereocenters. The smallest absolute Gasteiger partial charge is 0.201 e. The van der Waals surface area contributed by atoms with E-state index in [0.717, 1.165) is 11.4 Å². The van der Waals surface area contributed by atoms with Crippen molar-refractivity contribution in [1.82, 2.24) is 4.98 Å². The second-order valence-corrected chi connectivity index (χ2v) is 3.72. The highest BCUT2D eigenvalue weighted by Crippen LogP contribution is 2.22. The van der Waals surface area contributed by atoms with Crippen LogP contribution in [0, 0.1) is 0 Å². The van der Waals surface area contributed by atoms with Gasteiger partial charge in [-0.1, -0.05) is 19.9 Å². The molecule has 1 saturated heterocycles. The van der Waals surface area contributed by atoms with Crippen molar-refractivity contribution in [2.24, 2.45) is 0 Å². The Morgan fingerprint density at radius 3 is 2.64 bits per heavy atom. The van der Waals surface area contributed by atoms with Gasteiger partial charge in [0.2, 0.25) is 6.29 Å². The molecule has 0 aliphatic carbocycles. The Morgan fingerprint density at radius 1 is 1.29 bits per heavy atom. The van der Waals surface area contributed by atoms with Crippen LogP contribution in [0.1, 0.15) is 37.4 Å². The van der Waals surface area contributed by atoms with E-state index in [0.29, 0.717) is 19.1 Å². The van der Waals surface area contributed by atoms with E-state index in [1.807, 2.05) is 18.2 Å². The predicted molar refractivity (Wildman–Crippen MR) is 53.0 cm³/mol. The van der Waals surface area contributed by atoms with Crippen LogP contribution in [-0.2, 0) is 9.47 Å². The number of hydrogen-bond acceptors (Lipinski definition) is 3. The van der Waals surface area contributed by atoms with Crippen molar-refractivity contribution < 1.29 is 9.47 Å². The van der Waals surface area contributed by atoms with Crippen LogP contribution < -0.4 is 0 Å². The van der Waals surface area contributed by atoms with E-state index in [9.17, 15) is 0 Å². The number of ether oxygens (including phenoxy) is 2. The van der Waals surface area contributed by atoms with Gasteiger partial charge in [-0.25, -0.2) is 0 Å². The largest absolute Gasteiger partial charge is 0.345 e. The van der Waals surface area contributed by atoms with Gasteiger partial charge < -0.3 is 9.47 Å². The molecular weight excluding hydrogens is 178 g/mol. The molecule has 1 fully saturated rings. The number of rotatable bonds is 2. The summed E-state index contributed by atoms with van der Waals surface area (Å²) in [6.07, 6.45) is -0.256. The lowest BCUT2D eigenvalue weighted by molar-refractivity contribution is -0.0474. The normalized spacial score (nSPS) is 17.9. The van der Waals surface area contributed by atoms with Gasteiger partial charge in [0.05, 0.1) is 18.9 Å². The summed E-state index contributed by atoms with van der Waals surface area (Å²) in [4.78, 5) is 4.50. The topological polar surface area (TPSA) is 31.4 Å². The van der Waals surface area contributed by atoms with E-state index in [2.05, 4.69) is 18.8 Å². The summed E-state index contributed by atoms with van der Waals surface area (Å²) in [5.74, 6) is 0.441. The zero-order chi connectivity index (χ0) is 9.97. The van der Waals surface area contributed by atoms with Gasteiger partial charge in [0, 0.05) is 5.69 Å². The average molecular weight is 193 g/mol. The molecule has 0 spiro atoms. The second-order valence-electron chi connectivity index (χ2n) is 3.72. The van der Waals surface area contributed by atoms with E-state index in [-0.39, 0.29) is 6.29 Å². The summed E-state index contributed by atoms with van der Waals surface area (Å²) in [7, 11) is 0. The Hall–Kier alpha value is -0.930. The maximum atomic E-state index is 5.39. The van der Waals surface area contributed by atoms with Gasteiger partial charge in [-0.3, -0.25) is 4.98 Å². The van der Waals surface area contributed by atoms with E-state index in [1.165, 1.54) is 0 Å². The summed E-state index contributed by atoms with van der Waals surface area (Å²) in [6.45, 7) is 5.58. The molecular formula is C11H15NO2. The Balaban J connectivity index is 2.21. The molecule has 76 valence electrons. The molecule has 1 aromatic heterocycles. The zero-order valence-corrected chi connectivity index (χ0v) is 8.56. The van der Waals surface area contributed by atoms with Gasteiger partial charge in [-0.15, -0.1) is 0 Å². The van der Waals surface area contributed by atoms with Crippen LogP contribution in [-0.4, -0.2) is 18.2 Å². The van der Waals surface area contributed by atoms with Crippen molar-refractivity contribution >= 4 is 0 Å². The van der Waals surface area contributed by atoms with E-state index in [1.54, 1.807) is 0 Å². The summed E-state index contributed by atoms with van der Waals surface area (Å²) < 4.78 is 10.8. The number of nitrogens with zero attached hydrogens (tertiary/aromatic N) is 1. The highest BCUT2D eigenvalue weighted by Gasteiger charge is 2.19. The average Bonchev–Trinajstić information content (AvgIpc) is 2.71. The molecule has 14 heavy (non-hydrogen) atoms. The van der Waals surface area contributed by atoms with Crippen molar-refractivity contribution in [2.45, 2.75) is 26.1 Å². The molecule has 2 rings (SSSR count). The third-order valence-corrected chi connectivity index (χ3v) is 2.25. The molecule has 1 aliphatic heterocycles. The standard InChI is InChI=1S/C11H15NO2/c1-8(2)9-4-3-5-10(12-9)11-13-6-7-14-11/h3-5,8,11H,6-7H2,1-2H3. The highest BCUT2D eigenvalue weighted by molar-refractivity contribution is 5.14. The minimum Gasteiger partial charge on any atom is -0.345 e. The monoisotopic (exact) mass is 193 g/mol. The fourth-order valence-corrected chi connectivity index (χ4v) is 1.45. The molecule has 1 aliphatic rings. The summed E-state index contributed by atoms with van der Waals surface area (Å²) in [5.41, 5.74) is 1.97. The molecule has 2 heterocycles. The molecule has 3 nitrogen and oxygen atoms in total. The van der Waals surface area contributed by atoms with E-state index >= 15 is 0 Å². The third-order valence-electron chi connectivity index (χ3n) is 2.25. The van der Waals surface area contributed by atoms with Crippen molar-refractivity contribution in [3.05, 3.63) is 29.6 Å². The van der Waals surface area contributed by atoms with Crippen molar-refractivity contribution in [2.75, 3.05) is 13.2 Å². The minimum atomic E-state index is -0.256. The molecule has 0 saturated carbocycles. The van der Waals surface area contributed by atoms with Gasteiger partial charge in [0.15, 0.2) is 0 Å². The number of pyridine rings is 1. The summed E-state index contributed by atoms with van der Waals surface area (Å²) >= 11 is 0. The molecule has 0 bridgehead atoms. The van der Waals surface area contributed by atoms with Crippen LogP contribution in [0.15, 0.2) is 18.2 Å². The van der Waals surface area contributed by atoms with Gasteiger partial charge in [0.25, 0.3) is 0 Å². The highest BCUT2D eigenvalue weighted by atomic mass is 16.7. The van der Waals surface area contributed by atoms with Crippen LogP contribution in [0.3, 0.4) is 0 Å². The maximum absolute atomic E-state index is 5.39. The number of hydrogen-bond donors (Lipinski definition) is 0. The summed E-state index contributed by atoms with van der Waals surface area (Å²) in [6, 6.07) is 5.98. The third kappa shape index (κ3) is 1.94. The van der Waals surface area contributed by atoms with Gasteiger partial charge in [-0.05, 0) is 18.1 Å². The van der Waals surface area contributed by atoms with Gasteiger partial charge in [0.1, 0.15) is 0 Å². The first-order chi connectivity index (χ1) is 6.77.